The largest absolute Gasteiger partial charge is 0.342 e. The van der Waals surface area contributed by atoms with Crippen molar-refractivity contribution >= 4 is 5.91 Å². The summed E-state index contributed by atoms with van der Waals surface area (Å²) in [7, 11) is 0. The van der Waals surface area contributed by atoms with Gasteiger partial charge in [-0.15, -0.1) is 0 Å². The highest BCUT2D eigenvalue weighted by atomic mass is 19.1. The zero-order valence-electron chi connectivity index (χ0n) is 18.1. The van der Waals surface area contributed by atoms with Crippen LogP contribution in [0.25, 0.3) is 0 Å². The minimum atomic E-state index is -0.204. The molecule has 0 radical (unpaired) electrons. The number of rotatable bonds is 7. The van der Waals surface area contributed by atoms with Gasteiger partial charge in [0.1, 0.15) is 5.82 Å². The van der Waals surface area contributed by atoms with E-state index >= 15 is 0 Å². The normalized spacial score (nSPS) is 19.7. The minimum absolute atomic E-state index is 0.133. The average Bonchev–Trinajstić information content (AvgIpc) is 3.05. The molecule has 29 heavy (non-hydrogen) atoms. The van der Waals surface area contributed by atoms with E-state index in [1.807, 2.05) is 17.0 Å². The molecule has 1 amide bonds. The Morgan fingerprint density at radius 1 is 1.10 bits per heavy atom. The van der Waals surface area contributed by atoms with Crippen LogP contribution in [0.1, 0.15) is 43.4 Å². The van der Waals surface area contributed by atoms with Gasteiger partial charge >= 0.3 is 0 Å². The highest BCUT2D eigenvalue weighted by molar-refractivity contribution is 5.73. The second kappa shape index (κ2) is 9.53. The van der Waals surface area contributed by atoms with Crippen molar-refractivity contribution in [3.8, 4) is 0 Å². The van der Waals surface area contributed by atoms with Crippen LogP contribution in [0, 0.1) is 24.6 Å². The van der Waals surface area contributed by atoms with E-state index in [-0.39, 0.29) is 11.7 Å². The third kappa shape index (κ3) is 5.89. The number of halogens is 1. The lowest BCUT2D eigenvalue weighted by Crippen LogP contribution is -2.38. The van der Waals surface area contributed by atoms with Gasteiger partial charge in [-0.05, 0) is 42.0 Å². The molecule has 2 unspecified atom stereocenters. The van der Waals surface area contributed by atoms with Crippen molar-refractivity contribution in [1.82, 2.24) is 9.80 Å². The molecule has 156 valence electrons. The van der Waals surface area contributed by atoms with Crippen LogP contribution in [0.2, 0.25) is 0 Å². The van der Waals surface area contributed by atoms with Gasteiger partial charge in [0.2, 0.25) is 5.91 Å². The van der Waals surface area contributed by atoms with Gasteiger partial charge in [-0.3, -0.25) is 9.69 Å². The molecule has 2 aromatic rings. The highest BCUT2D eigenvalue weighted by Gasteiger charge is 2.35. The molecule has 0 aromatic heterocycles. The molecule has 3 nitrogen and oxygen atoms in total. The van der Waals surface area contributed by atoms with Crippen LogP contribution < -0.4 is 0 Å². The van der Waals surface area contributed by atoms with Gasteiger partial charge in [0.25, 0.3) is 0 Å². The first-order valence-electron chi connectivity index (χ1n) is 10.6. The number of benzene rings is 2. The molecule has 1 saturated heterocycles. The number of hydrogen-bond acceptors (Lipinski definition) is 2. The quantitative estimate of drug-likeness (QED) is 0.668. The van der Waals surface area contributed by atoms with E-state index in [1.54, 1.807) is 19.1 Å². The first-order chi connectivity index (χ1) is 13.8. The molecule has 0 N–H and O–H groups in total. The summed E-state index contributed by atoms with van der Waals surface area (Å²) in [4.78, 5) is 16.7. The number of carbonyl (C=O) groups is 1. The summed E-state index contributed by atoms with van der Waals surface area (Å²) < 4.78 is 13.5. The zero-order valence-corrected chi connectivity index (χ0v) is 18.1. The van der Waals surface area contributed by atoms with Crippen molar-refractivity contribution < 1.29 is 9.18 Å². The molecule has 0 aliphatic carbocycles. The smallest absolute Gasteiger partial charge is 0.219 e. The monoisotopic (exact) mass is 396 g/mol. The Hall–Kier alpha value is -2.20. The molecule has 1 aliphatic rings. The Morgan fingerprint density at radius 2 is 1.76 bits per heavy atom. The van der Waals surface area contributed by atoms with E-state index in [4.69, 9.17) is 0 Å². The van der Waals surface area contributed by atoms with Gasteiger partial charge in [-0.25, -0.2) is 4.39 Å². The number of hydrogen-bond donors (Lipinski definition) is 0. The number of amides is 1. The number of likely N-dealkylation sites (tertiary alicyclic amines) is 1. The summed E-state index contributed by atoms with van der Waals surface area (Å²) in [6.07, 6.45) is 0. The highest BCUT2D eigenvalue weighted by Crippen LogP contribution is 2.34. The molecule has 2 aromatic carbocycles. The summed E-state index contributed by atoms with van der Waals surface area (Å²) >= 11 is 0. The Bertz CT molecular complexity index is 801. The average molecular weight is 397 g/mol. The maximum absolute atomic E-state index is 13.5. The predicted molar refractivity (Wildman–Crippen MR) is 116 cm³/mol. The van der Waals surface area contributed by atoms with E-state index in [9.17, 15) is 9.18 Å². The topological polar surface area (TPSA) is 23.6 Å². The Balaban J connectivity index is 1.78. The van der Waals surface area contributed by atoms with E-state index < -0.39 is 0 Å². The summed E-state index contributed by atoms with van der Waals surface area (Å²) in [5.41, 5.74) is 3.73. The van der Waals surface area contributed by atoms with Crippen LogP contribution in [0.15, 0.2) is 48.5 Å². The fourth-order valence-electron chi connectivity index (χ4n) is 4.37. The maximum Gasteiger partial charge on any atom is 0.219 e. The van der Waals surface area contributed by atoms with Crippen molar-refractivity contribution in [2.24, 2.45) is 11.8 Å². The number of aryl methyl sites for hydroxylation is 1. The first kappa shape index (κ1) is 21.5. The minimum Gasteiger partial charge on any atom is -0.342 e. The molecule has 0 bridgehead atoms. The molecule has 3 rings (SSSR count). The van der Waals surface area contributed by atoms with Crippen LogP contribution >= 0.6 is 0 Å². The second-order valence-electron chi connectivity index (χ2n) is 8.92. The summed E-state index contributed by atoms with van der Waals surface area (Å²) in [6.45, 7) is 12.4. The van der Waals surface area contributed by atoms with Crippen molar-refractivity contribution in [3.05, 3.63) is 71.0 Å². The zero-order chi connectivity index (χ0) is 21.0. The molecule has 1 fully saturated rings. The summed E-state index contributed by atoms with van der Waals surface area (Å²) in [5.74, 6) is 1.01. The lowest BCUT2D eigenvalue weighted by Gasteiger charge is -2.29. The predicted octanol–water partition coefficient (Wildman–Crippen LogP) is 4.85. The van der Waals surface area contributed by atoms with Gasteiger partial charge in [0.15, 0.2) is 0 Å². The van der Waals surface area contributed by atoms with E-state index in [1.165, 1.54) is 11.1 Å². The van der Waals surface area contributed by atoms with Crippen LogP contribution in [0.5, 0.6) is 0 Å². The fraction of sp³-hybridized carbons (Fsp3) is 0.480. The summed E-state index contributed by atoms with van der Waals surface area (Å²) in [5, 5.41) is 0. The van der Waals surface area contributed by atoms with E-state index in [0.29, 0.717) is 17.8 Å². The fourth-order valence-corrected chi connectivity index (χ4v) is 4.37. The Morgan fingerprint density at radius 3 is 2.34 bits per heavy atom. The number of carbonyl (C=O) groups excluding carboxylic acids is 1. The van der Waals surface area contributed by atoms with Gasteiger partial charge in [-0.1, -0.05) is 55.8 Å². The molecule has 1 heterocycles. The Labute approximate surface area is 174 Å². The molecule has 4 heteroatoms. The van der Waals surface area contributed by atoms with E-state index in [0.717, 1.165) is 38.3 Å². The molecule has 0 spiro atoms. The SMILES string of the molecule is CC(=O)N(CC(C)C)CC1CN(Cc2ccc(C)cc2)CC1c1ccc(F)cc1. The third-order valence-corrected chi connectivity index (χ3v) is 5.83. The van der Waals surface area contributed by atoms with Crippen molar-refractivity contribution in [2.75, 3.05) is 26.2 Å². The molecule has 0 saturated carbocycles. The van der Waals surface area contributed by atoms with Crippen LogP contribution in [0.4, 0.5) is 4.39 Å². The molecule has 1 aliphatic heterocycles. The van der Waals surface area contributed by atoms with Gasteiger partial charge < -0.3 is 4.90 Å². The van der Waals surface area contributed by atoms with Crippen molar-refractivity contribution in [3.63, 3.8) is 0 Å². The van der Waals surface area contributed by atoms with Gasteiger partial charge in [0, 0.05) is 45.6 Å². The molecule has 2 atom stereocenters. The van der Waals surface area contributed by atoms with Crippen LogP contribution in [0.3, 0.4) is 0 Å². The lowest BCUT2D eigenvalue weighted by molar-refractivity contribution is -0.130. The standard InChI is InChI=1S/C25H33FN2O/c1-18(2)13-28(20(4)29)16-23-15-27(14-21-7-5-19(3)6-8-21)17-25(23)22-9-11-24(26)12-10-22/h5-12,18,23,25H,13-17H2,1-4H3. The first-order valence-corrected chi connectivity index (χ1v) is 10.6. The summed E-state index contributed by atoms with van der Waals surface area (Å²) in [6, 6.07) is 15.6. The van der Waals surface area contributed by atoms with Crippen molar-refractivity contribution in [2.45, 2.75) is 40.2 Å². The number of nitrogens with zero attached hydrogens (tertiary/aromatic N) is 2. The lowest BCUT2D eigenvalue weighted by atomic mass is 9.88. The van der Waals surface area contributed by atoms with Crippen LogP contribution in [-0.4, -0.2) is 41.9 Å². The van der Waals surface area contributed by atoms with E-state index in [2.05, 4.69) is 49.9 Å². The van der Waals surface area contributed by atoms with Gasteiger partial charge in [0.05, 0.1) is 0 Å². The molecular formula is C25H33FN2O. The second-order valence-corrected chi connectivity index (χ2v) is 8.92. The molecular weight excluding hydrogens is 363 g/mol. The Kier molecular flexibility index (Phi) is 7.07. The van der Waals surface area contributed by atoms with Crippen molar-refractivity contribution in [1.29, 1.82) is 0 Å². The third-order valence-electron chi connectivity index (χ3n) is 5.83. The maximum atomic E-state index is 13.5. The van der Waals surface area contributed by atoms with Gasteiger partial charge in [-0.2, -0.15) is 0 Å². The van der Waals surface area contributed by atoms with Crippen LogP contribution in [-0.2, 0) is 11.3 Å².